The van der Waals surface area contributed by atoms with Gasteiger partial charge in [0.2, 0.25) is 0 Å². The SMILES string of the molecule is Cc1sc(C(=O)Nc2ccc(CN(CC(=O)[O-])CC(=O)[O-])cc2)cc1C1=C(c2cc(C(=O)Nc3ccc(CN(CC(=O)[O-])CC(=O)[O-])cc3)sc2C)CCC1.[Cu+2].[Cu+2]. The monoisotopic (exact) mass is 910 g/mol. The van der Waals surface area contributed by atoms with Crippen LogP contribution in [-0.4, -0.2) is 71.7 Å². The average molecular weight is 912 g/mol. The molecule has 0 unspecified atom stereocenters. The van der Waals surface area contributed by atoms with Crippen LogP contribution in [0.15, 0.2) is 60.7 Å². The number of benzene rings is 2. The van der Waals surface area contributed by atoms with E-state index in [0.717, 1.165) is 51.3 Å². The minimum absolute atomic E-state index is 0. The van der Waals surface area contributed by atoms with E-state index in [1.165, 1.54) is 32.5 Å². The van der Waals surface area contributed by atoms with Crippen molar-refractivity contribution in [3.63, 3.8) is 0 Å². The van der Waals surface area contributed by atoms with E-state index in [4.69, 9.17) is 0 Å². The molecule has 18 heteroatoms. The first-order chi connectivity index (χ1) is 26.1. The molecule has 306 valence electrons. The summed E-state index contributed by atoms with van der Waals surface area (Å²) >= 11 is 2.75. The number of carboxylic acids is 4. The first-order valence-corrected chi connectivity index (χ1v) is 18.8. The molecular weight excluding hydrogens is 876 g/mol. The number of hydrogen-bond donors (Lipinski definition) is 2. The van der Waals surface area contributed by atoms with Gasteiger partial charge in [-0.3, -0.25) is 19.4 Å². The zero-order valence-electron chi connectivity index (χ0n) is 30.5. The number of thiophene rings is 2. The first kappa shape index (κ1) is 46.7. The topological polar surface area (TPSA) is 225 Å². The molecule has 4 aromatic rings. The maximum absolute atomic E-state index is 13.3. The van der Waals surface area contributed by atoms with Crippen molar-refractivity contribution in [1.29, 1.82) is 0 Å². The Morgan fingerprint density at radius 3 is 1.18 bits per heavy atom. The Hall–Kier alpha value is -4.64. The van der Waals surface area contributed by atoms with E-state index >= 15 is 0 Å². The van der Waals surface area contributed by atoms with E-state index in [1.807, 2.05) is 26.0 Å². The number of amides is 2. The Morgan fingerprint density at radius 1 is 0.561 bits per heavy atom. The van der Waals surface area contributed by atoms with Gasteiger partial charge in [0.25, 0.3) is 11.8 Å². The minimum Gasteiger partial charge on any atom is -0.549 e. The average Bonchev–Trinajstić information content (AvgIpc) is 3.83. The summed E-state index contributed by atoms with van der Waals surface area (Å²) in [7, 11) is 0. The van der Waals surface area contributed by atoms with Crippen molar-refractivity contribution >= 4 is 80.9 Å². The number of carbonyl (C=O) groups is 6. The molecule has 1 aliphatic carbocycles. The van der Waals surface area contributed by atoms with Crippen LogP contribution in [-0.2, 0) is 66.4 Å². The summed E-state index contributed by atoms with van der Waals surface area (Å²) in [5.74, 6) is -6.22. The molecule has 0 atom stereocenters. The van der Waals surface area contributed by atoms with Gasteiger partial charge in [0.05, 0.1) is 33.6 Å². The van der Waals surface area contributed by atoms with Gasteiger partial charge in [0, 0.05) is 60.4 Å². The molecule has 2 aromatic carbocycles. The van der Waals surface area contributed by atoms with Crippen LogP contribution >= 0.6 is 22.7 Å². The van der Waals surface area contributed by atoms with E-state index in [1.54, 1.807) is 48.5 Å². The van der Waals surface area contributed by atoms with Crippen LogP contribution in [0.2, 0.25) is 0 Å². The molecule has 2 heterocycles. The van der Waals surface area contributed by atoms with E-state index in [9.17, 15) is 49.2 Å². The van der Waals surface area contributed by atoms with Gasteiger partial charge in [-0.25, -0.2) is 0 Å². The summed E-state index contributed by atoms with van der Waals surface area (Å²) in [6.07, 6.45) is 2.55. The first-order valence-electron chi connectivity index (χ1n) is 17.1. The number of anilines is 2. The third-order valence-electron chi connectivity index (χ3n) is 8.80. The fraction of sp³-hybridized carbons (Fsp3) is 0.282. The number of allylic oxidation sites excluding steroid dienone is 2. The van der Waals surface area contributed by atoms with Crippen molar-refractivity contribution in [3.05, 3.63) is 102 Å². The van der Waals surface area contributed by atoms with Crippen LogP contribution in [0.5, 0.6) is 0 Å². The Bertz CT molecular complexity index is 1970. The summed E-state index contributed by atoms with van der Waals surface area (Å²) in [6.45, 7) is 1.74. The van der Waals surface area contributed by atoms with E-state index < -0.39 is 50.1 Å². The van der Waals surface area contributed by atoms with Crippen LogP contribution in [0, 0.1) is 13.8 Å². The quantitative estimate of drug-likeness (QED) is 0.131. The third kappa shape index (κ3) is 13.2. The van der Waals surface area contributed by atoms with Crippen molar-refractivity contribution < 1.29 is 83.3 Å². The second-order valence-corrected chi connectivity index (χ2v) is 15.6. The number of hydrogen-bond acceptors (Lipinski definition) is 14. The Labute approximate surface area is 357 Å². The van der Waals surface area contributed by atoms with Crippen LogP contribution < -0.4 is 31.1 Å². The maximum Gasteiger partial charge on any atom is 2.00 e. The van der Waals surface area contributed by atoms with Gasteiger partial charge in [0.15, 0.2) is 0 Å². The van der Waals surface area contributed by atoms with Gasteiger partial charge in [-0.1, -0.05) is 24.3 Å². The van der Waals surface area contributed by atoms with E-state index in [2.05, 4.69) is 10.6 Å². The Kier molecular flexibility index (Phi) is 17.4. The smallest absolute Gasteiger partial charge is 0.549 e. The standard InChI is InChI=1S/C39H40N4O10S2.2Cu/c1-22-30(14-32(54-22)38(52)40-26-10-6-24(7-11-26)16-42(18-34(44)45)19-35(46)47)28-4-3-5-29(28)31-15-33(55-23(31)2)39(53)41-27-12-8-25(9-13-27)17-43(20-36(48)49)21-37(50)51;;/h6-15H,3-5,16-21H2,1-2H3,(H,40,52)(H,41,53)(H,44,45)(H,46,47)(H,48,49)(H,50,51);;/q;2*+2/p-4. The van der Waals surface area contributed by atoms with Gasteiger partial charge in [-0.05, 0) is 103 Å². The maximum atomic E-state index is 13.3. The predicted molar refractivity (Wildman–Crippen MR) is 198 cm³/mol. The number of aryl methyl sites for hydroxylation is 2. The molecule has 2 amide bonds. The van der Waals surface area contributed by atoms with Crippen molar-refractivity contribution in [2.45, 2.75) is 46.2 Å². The fourth-order valence-corrected chi connectivity index (χ4v) is 8.36. The summed E-state index contributed by atoms with van der Waals surface area (Å²) in [4.78, 5) is 76.0. The van der Waals surface area contributed by atoms with Gasteiger partial charge >= 0.3 is 34.1 Å². The summed E-state index contributed by atoms with van der Waals surface area (Å²) in [5, 5.41) is 49.8. The summed E-state index contributed by atoms with van der Waals surface area (Å²) in [6, 6.07) is 17.1. The van der Waals surface area contributed by atoms with E-state index in [-0.39, 0.29) is 59.0 Å². The molecule has 57 heavy (non-hydrogen) atoms. The van der Waals surface area contributed by atoms with E-state index in [0.29, 0.717) is 32.3 Å². The molecule has 14 nitrogen and oxygen atoms in total. The minimum atomic E-state index is -1.41. The molecule has 0 saturated carbocycles. The summed E-state index contributed by atoms with van der Waals surface area (Å²) < 4.78 is 0. The zero-order chi connectivity index (χ0) is 39.8. The van der Waals surface area contributed by atoms with Crippen LogP contribution in [0.1, 0.15) is 70.6 Å². The van der Waals surface area contributed by atoms with Crippen molar-refractivity contribution in [1.82, 2.24) is 9.80 Å². The number of carbonyl (C=O) groups excluding carboxylic acids is 6. The molecule has 1 aliphatic rings. The molecule has 0 bridgehead atoms. The zero-order valence-corrected chi connectivity index (χ0v) is 34.1. The Balaban J connectivity index is 0.00000435. The number of nitrogens with zero attached hydrogens (tertiary/aromatic N) is 2. The Morgan fingerprint density at radius 2 is 0.877 bits per heavy atom. The summed E-state index contributed by atoms with van der Waals surface area (Å²) in [5.41, 5.74) is 6.53. The fourth-order valence-electron chi connectivity index (χ4n) is 6.48. The van der Waals surface area contributed by atoms with Gasteiger partial charge in [-0.2, -0.15) is 0 Å². The molecular formula is C39H36Cu2N4O10S2. The van der Waals surface area contributed by atoms with Gasteiger partial charge in [-0.15, -0.1) is 22.7 Å². The van der Waals surface area contributed by atoms with Crippen molar-refractivity contribution in [2.24, 2.45) is 0 Å². The van der Waals surface area contributed by atoms with Crippen LogP contribution in [0.4, 0.5) is 11.4 Å². The predicted octanol–water partition coefficient (Wildman–Crippen LogP) is 0.624. The van der Waals surface area contributed by atoms with Gasteiger partial charge in [0.1, 0.15) is 0 Å². The molecule has 0 saturated heterocycles. The molecule has 2 aromatic heterocycles. The number of aliphatic carboxylic acids is 4. The second kappa shape index (κ2) is 21.2. The molecule has 2 N–H and O–H groups in total. The number of carboxylic acid groups (broad SMARTS) is 4. The largest absolute Gasteiger partial charge is 2.00 e. The molecule has 0 spiro atoms. The third-order valence-corrected chi connectivity index (χ3v) is 10.9. The van der Waals surface area contributed by atoms with Gasteiger partial charge < -0.3 is 50.2 Å². The van der Waals surface area contributed by atoms with Crippen LogP contribution in [0.25, 0.3) is 11.1 Å². The van der Waals surface area contributed by atoms with Crippen LogP contribution in [0.3, 0.4) is 0 Å². The second-order valence-electron chi connectivity index (χ2n) is 13.1. The van der Waals surface area contributed by atoms with Crippen molar-refractivity contribution in [3.8, 4) is 0 Å². The normalized spacial score (nSPS) is 12.2. The van der Waals surface area contributed by atoms with Crippen molar-refractivity contribution in [2.75, 3.05) is 36.8 Å². The molecule has 0 fully saturated rings. The molecule has 0 aliphatic heterocycles. The molecule has 2 radical (unpaired) electrons. The number of nitrogens with one attached hydrogen (secondary N) is 2. The number of rotatable bonds is 18. The molecule has 5 rings (SSSR count).